The van der Waals surface area contributed by atoms with Crippen molar-refractivity contribution in [2.24, 2.45) is 4.99 Å². The monoisotopic (exact) mass is 366 g/mol. The van der Waals surface area contributed by atoms with Crippen LogP contribution in [0.2, 0.25) is 0 Å². The van der Waals surface area contributed by atoms with Gasteiger partial charge in [-0.25, -0.2) is 9.97 Å². The number of aliphatic hydroxyl groups is 4. The Morgan fingerprint density at radius 1 is 1.04 bits per heavy atom. The molecule has 144 valence electrons. The standard InChI is InChI=1S/C17H26N4O5/c22-6-4-2-1-3-5-18-17-13-12(20-9-21-17)10(7-19-13)16-15(25)14(24)11(8-23)26-16/h7,9-11,14-16,22-25H,1-6,8H2,(H,18,20,21). The number of nitrogens with zero attached hydrogens (tertiary/aromatic N) is 3. The number of aliphatic hydroxyl groups excluding tert-OH is 4. The molecule has 3 heterocycles. The third kappa shape index (κ3) is 3.86. The highest BCUT2D eigenvalue weighted by Gasteiger charge is 2.47. The van der Waals surface area contributed by atoms with Crippen LogP contribution in [0.1, 0.15) is 37.3 Å². The van der Waals surface area contributed by atoms with E-state index in [2.05, 4.69) is 20.3 Å². The molecule has 0 amide bonds. The fourth-order valence-corrected chi connectivity index (χ4v) is 3.38. The molecule has 1 aromatic heterocycles. The fraction of sp³-hybridized carbons (Fsp3) is 0.706. The molecule has 3 rings (SSSR count). The van der Waals surface area contributed by atoms with Gasteiger partial charge in [0.2, 0.25) is 0 Å². The number of hydrogen-bond donors (Lipinski definition) is 5. The van der Waals surface area contributed by atoms with Gasteiger partial charge in [0.15, 0.2) is 5.82 Å². The lowest BCUT2D eigenvalue weighted by atomic mass is 9.94. The number of unbranched alkanes of at least 4 members (excludes halogenated alkanes) is 3. The summed E-state index contributed by atoms with van der Waals surface area (Å²) in [6, 6.07) is 0. The van der Waals surface area contributed by atoms with Crippen LogP contribution in [0.15, 0.2) is 11.3 Å². The Bertz CT molecular complexity index is 629. The highest BCUT2D eigenvalue weighted by Crippen LogP contribution is 2.41. The highest BCUT2D eigenvalue weighted by atomic mass is 16.6. The van der Waals surface area contributed by atoms with Crippen LogP contribution >= 0.6 is 0 Å². The number of anilines is 1. The van der Waals surface area contributed by atoms with Gasteiger partial charge < -0.3 is 30.5 Å². The maximum atomic E-state index is 10.2. The number of aromatic nitrogens is 2. The van der Waals surface area contributed by atoms with Crippen molar-refractivity contribution in [3.05, 3.63) is 12.0 Å². The van der Waals surface area contributed by atoms with Crippen LogP contribution in [0.25, 0.3) is 0 Å². The average molecular weight is 366 g/mol. The van der Waals surface area contributed by atoms with Crippen molar-refractivity contribution >= 4 is 17.7 Å². The van der Waals surface area contributed by atoms with Gasteiger partial charge in [-0.2, -0.15) is 0 Å². The molecular formula is C17H26N4O5. The molecule has 5 atom stereocenters. The molecule has 2 aliphatic rings. The normalized spacial score (nSPS) is 29.9. The van der Waals surface area contributed by atoms with Crippen LogP contribution in [0.3, 0.4) is 0 Å². The Morgan fingerprint density at radius 2 is 1.85 bits per heavy atom. The zero-order chi connectivity index (χ0) is 18.5. The largest absolute Gasteiger partial charge is 0.396 e. The van der Waals surface area contributed by atoms with Gasteiger partial charge in [0, 0.05) is 19.4 Å². The van der Waals surface area contributed by atoms with E-state index in [9.17, 15) is 15.3 Å². The summed E-state index contributed by atoms with van der Waals surface area (Å²) in [4.78, 5) is 12.9. The Balaban J connectivity index is 1.64. The molecule has 0 aliphatic carbocycles. The number of hydrogen-bond acceptors (Lipinski definition) is 9. The number of rotatable bonds is 9. The number of fused-ring (bicyclic) bond motifs is 1. The van der Waals surface area contributed by atoms with Crippen molar-refractivity contribution in [1.82, 2.24) is 9.97 Å². The molecule has 5 N–H and O–H groups in total. The van der Waals surface area contributed by atoms with Crippen LogP contribution in [-0.2, 0) is 4.74 Å². The predicted octanol–water partition coefficient (Wildman–Crippen LogP) is -0.278. The number of ether oxygens (including phenoxy) is 1. The summed E-state index contributed by atoms with van der Waals surface area (Å²) in [5.41, 5.74) is 1.25. The first-order valence-corrected chi connectivity index (χ1v) is 9.03. The molecule has 9 heteroatoms. The van der Waals surface area contributed by atoms with E-state index in [1.165, 1.54) is 6.33 Å². The average Bonchev–Trinajstić information content (AvgIpc) is 3.20. The van der Waals surface area contributed by atoms with Crippen LogP contribution in [-0.4, -0.2) is 80.8 Å². The van der Waals surface area contributed by atoms with Gasteiger partial charge in [-0.1, -0.05) is 12.8 Å². The van der Waals surface area contributed by atoms with Gasteiger partial charge in [-0.05, 0) is 12.8 Å². The predicted molar refractivity (Wildman–Crippen MR) is 94.7 cm³/mol. The van der Waals surface area contributed by atoms with Crippen molar-refractivity contribution in [3.63, 3.8) is 0 Å². The zero-order valence-corrected chi connectivity index (χ0v) is 14.5. The quantitative estimate of drug-likeness (QED) is 0.376. The minimum absolute atomic E-state index is 0.226. The van der Waals surface area contributed by atoms with E-state index < -0.39 is 30.3 Å². The summed E-state index contributed by atoms with van der Waals surface area (Å²) in [5.74, 6) is 0.224. The second kappa shape index (κ2) is 8.83. The van der Waals surface area contributed by atoms with Gasteiger partial charge in [-0.3, -0.25) is 4.99 Å². The van der Waals surface area contributed by atoms with E-state index in [-0.39, 0.29) is 13.2 Å². The Hall–Kier alpha value is -1.65. The van der Waals surface area contributed by atoms with Gasteiger partial charge in [0.25, 0.3) is 0 Å². The van der Waals surface area contributed by atoms with Crippen molar-refractivity contribution in [3.8, 4) is 0 Å². The Labute approximate surface area is 151 Å². The molecule has 0 saturated carbocycles. The van der Waals surface area contributed by atoms with Crippen LogP contribution in [0.5, 0.6) is 0 Å². The Morgan fingerprint density at radius 3 is 2.58 bits per heavy atom. The second-order valence-corrected chi connectivity index (χ2v) is 6.63. The first kappa shape index (κ1) is 19.1. The summed E-state index contributed by atoms with van der Waals surface area (Å²) in [7, 11) is 0. The SMILES string of the molecule is OCCCCCCNc1ncnc2c1N=CC2C1OC(CO)C(O)C1O. The summed E-state index contributed by atoms with van der Waals surface area (Å²) < 4.78 is 5.61. The van der Waals surface area contributed by atoms with Gasteiger partial charge >= 0.3 is 0 Å². The van der Waals surface area contributed by atoms with Gasteiger partial charge in [0.05, 0.1) is 18.2 Å². The lowest BCUT2D eigenvalue weighted by Gasteiger charge is -2.20. The first-order chi connectivity index (χ1) is 12.7. The topological polar surface area (TPSA) is 140 Å². The molecule has 0 spiro atoms. The minimum Gasteiger partial charge on any atom is -0.396 e. The molecule has 2 aliphatic heterocycles. The second-order valence-electron chi connectivity index (χ2n) is 6.63. The van der Waals surface area contributed by atoms with Crippen molar-refractivity contribution in [2.75, 3.05) is 25.1 Å². The lowest BCUT2D eigenvalue weighted by Crippen LogP contribution is -2.36. The van der Waals surface area contributed by atoms with Crippen LogP contribution in [0.4, 0.5) is 11.5 Å². The first-order valence-electron chi connectivity index (χ1n) is 9.03. The zero-order valence-electron chi connectivity index (χ0n) is 14.5. The van der Waals surface area contributed by atoms with E-state index in [0.29, 0.717) is 17.2 Å². The molecule has 0 aromatic carbocycles. The molecule has 1 aromatic rings. The Kier molecular flexibility index (Phi) is 6.49. The van der Waals surface area contributed by atoms with Gasteiger partial charge in [0.1, 0.15) is 36.4 Å². The molecule has 26 heavy (non-hydrogen) atoms. The third-order valence-corrected chi connectivity index (χ3v) is 4.84. The third-order valence-electron chi connectivity index (χ3n) is 4.84. The van der Waals surface area contributed by atoms with Crippen molar-refractivity contribution in [1.29, 1.82) is 0 Å². The van der Waals surface area contributed by atoms with E-state index in [1.807, 2.05) is 0 Å². The maximum absolute atomic E-state index is 10.2. The highest BCUT2D eigenvalue weighted by molar-refractivity contribution is 5.84. The minimum atomic E-state index is -1.14. The summed E-state index contributed by atoms with van der Waals surface area (Å²) in [6.07, 6.45) is 3.09. The molecule has 1 fully saturated rings. The fourth-order valence-electron chi connectivity index (χ4n) is 3.38. The van der Waals surface area contributed by atoms with Crippen LogP contribution in [0, 0.1) is 0 Å². The summed E-state index contributed by atoms with van der Waals surface area (Å²) >= 11 is 0. The lowest BCUT2D eigenvalue weighted by molar-refractivity contribution is -0.0237. The molecule has 0 bridgehead atoms. The smallest absolute Gasteiger partial charge is 0.155 e. The maximum Gasteiger partial charge on any atom is 0.155 e. The van der Waals surface area contributed by atoms with E-state index in [0.717, 1.165) is 32.2 Å². The molecule has 9 nitrogen and oxygen atoms in total. The number of nitrogens with one attached hydrogen (secondary N) is 1. The van der Waals surface area contributed by atoms with E-state index >= 15 is 0 Å². The summed E-state index contributed by atoms with van der Waals surface area (Å²) in [5, 5.41) is 41.5. The van der Waals surface area contributed by atoms with Crippen LogP contribution < -0.4 is 5.32 Å². The molecular weight excluding hydrogens is 340 g/mol. The molecule has 0 radical (unpaired) electrons. The molecule has 1 saturated heterocycles. The van der Waals surface area contributed by atoms with Crippen molar-refractivity contribution in [2.45, 2.75) is 56.0 Å². The van der Waals surface area contributed by atoms with E-state index in [1.54, 1.807) is 6.21 Å². The van der Waals surface area contributed by atoms with E-state index in [4.69, 9.17) is 9.84 Å². The summed E-state index contributed by atoms with van der Waals surface area (Å²) in [6.45, 7) is 0.602. The van der Waals surface area contributed by atoms with Gasteiger partial charge in [-0.15, -0.1) is 0 Å². The number of aliphatic imine (C=N–C) groups is 1. The van der Waals surface area contributed by atoms with Crippen molar-refractivity contribution < 1.29 is 25.2 Å². The molecule has 5 unspecified atom stereocenters.